The van der Waals surface area contributed by atoms with E-state index in [1.807, 2.05) is 6.92 Å². The van der Waals surface area contributed by atoms with Crippen LogP contribution in [0.4, 0.5) is 10.4 Å². The van der Waals surface area contributed by atoms with Gasteiger partial charge in [-0.2, -0.15) is 0 Å². The Labute approximate surface area is 137 Å². The zero-order valence-corrected chi connectivity index (χ0v) is 12.8. The predicted octanol–water partition coefficient (Wildman–Crippen LogP) is 3.53. The summed E-state index contributed by atoms with van der Waals surface area (Å²) in [5.74, 6) is 0.136. The number of nitrogens with zero attached hydrogens (tertiary/aromatic N) is 2. The first-order valence-corrected chi connectivity index (χ1v) is 7.29. The molecule has 3 aromatic rings. The minimum atomic E-state index is -0.461. The monoisotopic (exact) mass is 327 g/mol. The standard InChI is InChI=1S/C17H14FN3O3/c1-2-23-14-9-5-12(6-10-14)16-20-21-17(24-16)19-15(22)11-3-7-13(18)8-4-11/h3-10H,2H2,1H3,(H,19,21,22). The van der Waals surface area contributed by atoms with Crippen LogP contribution < -0.4 is 10.1 Å². The quantitative estimate of drug-likeness (QED) is 0.776. The van der Waals surface area contributed by atoms with Crippen LogP contribution in [-0.4, -0.2) is 22.7 Å². The Balaban J connectivity index is 1.71. The van der Waals surface area contributed by atoms with Crippen LogP contribution in [0.5, 0.6) is 5.75 Å². The Hall–Kier alpha value is -3.22. The smallest absolute Gasteiger partial charge is 0.322 e. The highest BCUT2D eigenvalue weighted by molar-refractivity contribution is 6.03. The third kappa shape index (κ3) is 3.57. The molecule has 24 heavy (non-hydrogen) atoms. The average molecular weight is 327 g/mol. The summed E-state index contributed by atoms with van der Waals surface area (Å²) in [5.41, 5.74) is 0.991. The number of halogens is 1. The number of anilines is 1. The summed E-state index contributed by atoms with van der Waals surface area (Å²) < 4.78 is 23.6. The molecular weight excluding hydrogens is 313 g/mol. The first-order chi connectivity index (χ1) is 11.7. The van der Waals surface area contributed by atoms with Crippen molar-refractivity contribution in [1.82, 2.24) is 10.2 Å². The van der Waals surface area contributed by atoms with Crippen LogP contribution in [0.15, 0.2) is 52.9 Å². The molecule has 2 aromatic carbocycles. The normalized spacial score (nSPS) is 10.4. The van der Waals surface area contributed by atoms with Gasteiger partial charge in [-0.15, -0.1) is 5.10 Å². The molecule has 0 spiro atoms. The average Bonchev–Trinajstić information content (AvgIpc) is 3.05. The summed E-state index contributed by atoms with van der Waals surface area (Å²) in [4.78, 5) is 12.0. The van der Waals surface area contributed by atoms with Gasteiger partial charge in [-0.3, -0.25) is 10.1 Å². The summed E-state index contributed by atoms with van der Waals surface area (Å²) in [6.07, 6.45) is 0. The summed E-state index contributed by atoms with van der Waals surface area (Å²) in [5, 5.41) is 10.1. The van der Waals surface area contributed by atoms with Gasteiger partial charge in [0.25, 0.3) is 5.91 Å². The zero-order chi connectivity index (χ0) is 16.9. The maximum Gasteiger partial charge on any atom is 0.322 e. The Morgan fingerprint density at radius 2 is 1.83 bits per heavy atom. The molecule has 0 aliphatic carbocycles. The Kier molecular flexibility index (Phi) is 4.51. The van der Waals surface area contributed by atoms with Crippen molar-refractivity contribution in [1.29, 1.82) is 0 Å². The third-order valence-corrected chi connectivity index (χ3v) is 3.16. The Morgan fingerprint density at radius 3 is 2.50 bits per heavy atom. The lowest BCUT2D eigenvalue weighted by Gasteiger charge is -2.02. The van der Waals surface area contributed by atoms with Crippen LogP contribution in [0.2, 0.25) is 0 Å². The second-order valence-electron chi connectivity index (χ2n) is 4.83. The zero-order valence-electron chi connectivity index (χ0n) is 12.8. The van der Waals surface area contributed by atoms with Crippen LogP contribution in [0.3, 0.4) is 0 Å². The maximum absolute atomic E-state index is 12.9. The molecule has 7 heteroatoms. The molecule has 0 atom stereocenters. The number of hydrogen-bond acceptors (Lipinski definition) is 5. The summed E-state index contributed by atoms with van der Waals surface area (Å²) in [7, 11) is 0. The highest BCUT2D eigenvalue weighted by atomic mass is 19.1. The molecule has 0 fully saturated rings. The van der Waals surface area contributed by atoms with Crippen molar-refractivity contribution < 1.29 is 18.3 Å². The second kappa shape index (κ2) is 6.91. The van der Waals surface area contributed by atoms with Gasteiger partial charge >= 0.3 is 6.01 Å². The highest BCUT2D eigenvalue weighted by Crippen LogP contribution is 2.22. The van der Waals surface area contributed by atoms with E-state index in [4.69, 9.17) is 9.15 Å². The molecule has 1 aromatic heterocycles. The molecule has 1 heterocycles. The van der Waals surface area contributed by atoms with Crippen LogP contribution in [0.1, 0.15) is 17.3 Å². The van der Waals surface area contributed by atoms with E-state index >= 15 is 0 Å². The molecule has 0 bridgehead atoms. The molecule has 1 amide bonds. The number of nitrogens with one attached hydrogen (secondary N) is 1. The fourth-order valence-corrected chi connectivity index (χ4v) is 2.02. The fourth-order valence-electron chi connectivity index (χ4n) is 2.02. The summed E-state index contributed by atoms with van der Waals surface area (Å²) in [6.45, 7) is 2.49. The van der Waals surface area contributed by atoms with Crippen molar-refractivity contribution in [2.75, 3.05) is 11.9 Å². The number of rotatable bonds is 5. The largest absolute Gasteiger partial charge is 0.494 e. The van der Waals surface area contributed by atoms with E-state index in [0.29, 0.717) is 12.2 Å². The molecular formula is C17H14FN3O3. The lowest BCUT2D eigenvalue weighted by atomic mass is 10.2. The van der Waals surface area contributed by atoms with E-state index in [-0.39, 0.29) is 17.5 Å². The van der Waals surface area contributed by atoms with E-state index in [1.54, 1.807) is 24.3 Å². The summed E-state index contributed by atoms with van der Waals surface area (Å²) in [6, 6.07) is 12.3. The first kappa shape index (κ1) is 15.7. The summed E-state index contributed by atoms with van der Waals surface area (Å²) >= 11 is 0. The van der Waals surface area contributed by atoms with E-state index in [1.165, 1.54) is 24.3 Å². The van der Waals surface area contributed by atoms with E-state index in [0.717, 1.165) is 5.75 Å². The van der Waals surface area contributed by atoms with Gasteiger partial charge in [0.1, 0.15) is 11.6 Å². The molecule has 1 N–H and O–H groups in total. The molecule has 0 saturated heterocycles. The third-order valence-electron chi connectivity index (χ3n) is 3.16. The predicted molar refractivity (Wildman–Crippen MR) is 85.3 cm³/mol. The van der Waals surface area contributed by atoms with Gasteiger partial charge in [0.05, 0.1) is 6.61 Å². The van der Waals surface area contributed by atoms with Gasteiger partial charge in [-0.1, -0.05) is 5.10 Å². The van der Waals surface area contributed by atoms with E-state index in [2.05, 4.69) is 15.5 Å². The van der Waals surface area contributed by atoms with Gasteiger partial charge in [0.2, 0.25) is 5.89 Å². The fraction of sp³-hybridized carbons (Fsp3) is 0.118. The number of benzene rings is 2. The molecule has 0 saturated carbocycles. The first-order valence-electron chi connectivity index (χ1n) is 7.29. The molecule has 0 aliphatic heterocycles. The van der Waals surface area contributed by atoms with Gasteiger partial charge in [-0.05, 0) is 55.5 Å². The van der Waals surface area contributed by atoms with Gasteiger partial charge < -0.3 is 9.15 Å². The van der Waals surface area contributed by atoms with Gasteiger partial charge in [-0.25, -0.2) is 4.39 Å². The highest BCUT2D eigenvalue weighted by Gasteiger charge is 2.13. The van der Waals surface area contributed by atoms with Gasteiger partial charge in [0, 0.05) is 11.1 Å². The van der Waals surface area contributed by atoms with Crippen molar-refractivity contribution in [2.45, 2.75) is 6.92 Å². The molecule has 3 rings (SSSR count). The van der Waals surface area contributed by atoms with Crippen molar-refractivity contribution in [3.8, 4) is 17.2 Å². The van der Waals surface area contributed by atoms with Crippen LogP contribution in [-0.2, 0) is 0 Å². The van der Waals surface area contributed by atoms with Crippen molar-refractivity contribution >= 4 is 11.9 Å². The number of carbonyl (C=O) groups is 1. The molecule has 0 radical (unpaired) electrons. The topological polar surface area (TPSA) is 77.3 Å². The molecule has 6 nitrogen and oxygen atoms in total. The lowest BCUT2D eigenvalue weighted by molar-refractivity contribution is 0.102. The number of hydrogen-bond donors (Lipinski definition) is 1. The van der Waals surface area contributed by atoms with E-state index < -0.39 is 11.7 Å². The van der Waals surface area contributed by atoms with Crippen LogP contribution >= 0.6 is 0 Å². The second-order valence-corrected chi connectivity index (χ2v) is 4.83. The van der Waals surface area contributed by atoms with Crippen LogP contribution in [0.25, 0.3) is 11.5 Å². The minimum Gasteiger partial charge on any atom is -0.494 e. The molecule has 0 aliphatic rings. The molecule has 122 valence electrons. The van der Waals surface area contributed by atoms with Crippen molar-refractivity contribution in [3.63, 3.8) is 0 Å². The van der Waals surface area contributed by atoms with E-state index in [9.17, 15) is 9.18 Å². The number of carbonyl (C=O) groups excluding carboxylic acids is 1. The Morgan fingerprint density at radius 1 is 1.12 bits per heavy atom. The van der Waals surface area contributed by atoms with Crippen LogP contribution in [0, 0.1) is 5.82 Å². The van der Waals surface area contributed by atoms with Gasteiger partial charge in [0.15, 0.2) is 0 Å². The maximum atomic E-state index is 12.9. The molecule has 0 unspecified atom stereocenters. The number of aromatic nitrogens is 2. The minimum absolute atomic E-state index is 0.0341. The van der Waals surface area contributed by atoms with Crippen molar-refractivity contribution in [3.05, 3.63) is 59.9 Å². The SMILES string of the molecule is CCOc1ccc(-c2nnc(NC(=O)c3ccc(F)cc3)o2)cc1. The lowest BCUT2D eigenvalue weighted by Crippen LogP contribution is -2.12. The Bertz CT molecular complexity index is 829. The number of amides is 1. The number of ether oxygens (including phenoxy) is 1. The van der Waals surface area contributed by atoms with Crippen molar-refractivity contribution in [2.24, 2.45) is 0 Å².